The summed E-state index contributed by atoms with van der Waals surface area (Å²) in [7, 11) is 2.08. The zero-order valence-corrected chi connectivity index (χ0v) is 18.4. The number of anilines is 1. The van der Waals surface area contributed by atoms with Gasteiger partial charge in [0.05, 0.1) is 38.5 Å². The van der Waals surface area contributed by atoms with Crippen LogP contribution in [-0.2, 0) is 18.2 Å². The van der Waals surface area contributed by atoms with Crippen LogP contribution in [0.2, 0.25) is 0 Å². The van der Waals surface area contributed by atoms with Gasteiger partial charge in [-0.25, -0.2) is 9.97 Å². The number of nitrogens with one attached hydrogen (secondary N) is 1. The highest BCUT2D eigenvalue weighted by Gasteiger charge is 2.26. The third-order valence-electron chi connectivity index (χ3n) is 5.74. The fourth-order valence-corrected chi connectivity index (χ4v) is 5.47. The minimum atomic E-state index is -0.0621. The van der Waals surface area contributed by atoms with Crippen LogP contribution < -0.4 is 5.73 Å². The molecular formula is C21H27N7OS. The standard InChI is InChI=1S/C21H27N7OS/c1-21(2)12-28(9-10-29-21)8-4-5-16-25-17-18(27(16)3)19-14(24-20(17)22)11-15(30-19)13-6-7-23-26-13/h6-7,11H,4-5,8-10,12H2,1-3H3,(H2,22,24)(H,23,26). The summed E-state index contributed by atoms with van der Waals surface area (Å²) in [5, 5.41) is 7.09. The van der Waals surface area contributed by atoms with Crippen LogP contribution in [0.3, 0.4) is 0 Å². The average Bonchev–Trinajstić information content (AvgIpc) is 3.41. The maximum Gasteiger partial charge on any atom is 0.152 e. The number of pyridine rings is 1. The van der Waals surface area contributed by atoms with E-state index in [4.69, 9.17) is 15.5 Å². The zero-order valence-electron chi connectivity index (χ0n) is 17.6. The molecule has 0 aromatic carbocycles. The first-order valence-electron chi connectivity index (χ1n) is 10.3. The lowest BCUT2D eigenvalue weighted by Gasteiger charge is -2.38. The summed E-state index contributed by atoms with van der Waals surface area (Å²) in [5.41, 5.74) is 9.97. The van der Waals surface area contributed by atoms with Crippen LogP contribution in [0.5, 0.6) is 0 Å². The van der Waals surface area contributed by atoms with Gasteiger partial charge in [-0.15, -0.1) is 11.3 Å². The molecule has 0 aliphatic carbocycles. The van der Waals surface area contributed by atoms with Crippen molar-refractivity contribution >= 4 is 38.4 Å². The molecule has 4 aromatic rings. The Balaban J connectivity index is 1.42. The van der Waals surface area contributed by atoms with Crippen molar-refractivity contribution in [1.82, 2.24) is 29.6 Å². The zero-order chi connectivity index (χ0) is 20.9. The quantitative estimate of drug-likeness (QED) is 0.510. The van der Waals surface area contributed by atoms with Crippen molar-refractivity contribution in [2.75, 3.05) is 32.0 Å². The third-order valence-corrected chi connectivity index (χ3v) is 6.91. The summed E-state index contributed by atoms with van der Waals surface area (Å²) in [6.07, 6.45) is 3.71. The van der Waals surface area contributed by atoms with Gasteiger partial charge in [0.15, 0.2) is 5.82 Å². The number of ether oxygens (including phenoxy) is 1. The number of hydrogen-bond acceptors (Lipinski definition) is 7. The number of nitrogens with two attached hydrogens (primary N) is 1. The second-order valence-electron chi connectivity index (χ2n) is 8.56. The van der Waals surface area contributed by atoms with Gasteiger partial charge in [0.2, 0.25) is 0 Å². The number of aryl methyl sites for hydroxylation is 2. The number of H-pyrrole nitrogens is 1. The average molecular weight is 426 g/mol. The first-order valence-corrected chi connectivity index (χ1v) is 11.1. The summed E-state index contributed by atoms with van der Waals surface area (Å²) >= 11 is 1.69. The maximum atomic E-state index is 6.28. The Labute approximate surface area is 179 Å². The molecule has 5 rings (SSSR count). The van der Waals surface area contributed by atoms with Crippen LogP contribution in [0.25, 0.3) is 31.8 Å². The topological polar surface area (TPSA) is 97.9 Å². The van der Waals surface area contributed by atoms with Crippen molar-refractivity contribution in [3.8, 4) is 10.6 Å². The van der Waals surface area contributed by atoms with E-state index in [1.54, 1.807) is 17.5 Å². The molecule has 1 aliphatic heterocycles. The number of rotatable bonds is 5. The second kappa shape index (κ2) is 7.33. The van der Waals surface area contributed by atoms with Crippen LogP contribution in [0.4, 0.5) is 5.82 Å². The van der Waals surface area contributed by atoms with E-state index >= 15 is 0 Å². The van der Waals surface area contributed by atoms with Crippen molar-refractivity contribution in [1.29, 1.82) is 0 Å². The number of fused-ring (bicyclic) bond motifs is 3. The summed E-state index contributed by atoms with van der Waals surface area (Å²) in [6.45, 7) is 8.13. The lowest BCUT2D eigenvalue weighted by atomic mass is 10.1. The molecule has 0 amide bonds. The number of morpholine rings is 1. The number of thiophene rings is 1. The van der Waals surface area contributed by atoms with Gasteiger partial charge in [-0.05, 0) is 38.9 Å². The van der Waals surface area contributed by atoms with Gasteiger partial charge in [-0.3, -0.25) is 10.00 Å². The smallest absolute Gasteiger partial charge is 0.152 e. The van der Waals surface area contributed by atoms with Crippen molar-refractivity contribution in [2.45, 2.75) is 32.3 Å². The number of hydrogen-bond donors (Lipinski definition) is 2. The van der Waals surface area contributed by atoms with Crippen molar-refractivity contribution in [2.24, 2.45) is 7.05 Å². The van der Waals surface area contributed by atoms with Gasteiger partial charge < -0.3 is 15.0 Å². The SMILES string of the molecule is Cn1c(CCCN2CCOC(C)(C)C2)nc2c(N)nc3cc(-c4ccn[nH]4)sc3c21. The molecule has 5 heterocycles. The maximum absolute atomic E-state index is 6.28. The fraction of sp³-hybridized carbons (Fsp3) is 0.476. The molecule has 4 aromatic heterocycles. The molecule has 8 nitrogen and oxygen atoms in total. The van der Waals surface area contributed by atoms with Gasteiger partial charge in [-0.1, -0.05) is 0 Å². The molecule has 1 fully saturated rings. The number of aromatic nitrogens is 5. The molecular weight excluding hydrogens is 398 g/mol. The number of nitrogen functional groups attached to an aromatic ring is 1. The Bertz CT molecular complexity index is 1190. The lowest BCUT2D eigenvalue weighted by Crippen LogP contribution is -2.48. The Morgan fingerprint density at radius 2 is 2.20 bits per heavy atom. The molecule has 0 atom stereocenters. The number of imidazole rings is 1. The van der Waals surface area contributed by atoms with E-state index in [1.807, 2.05) is 6.07 Å². The van der Waals surface area contributed by atoms with Crippen molar-refractivity contribution in [3.05, 3.63) is 24.2 Å². The van der Waals surface area contributed by atoms with Crippen LogP contribution in [0.15, 0.2) is 18.3 Å². The van der Waals surface area contributed by atoms with Gasteiger partial charge in [0, 0.05) is 32.8 Å². The Morgan fingerprint density at radius 1 is 1.33 bits per heavy atom. The van der Waals surface area contributed by atoms with Crippen LogP contribution in [-0.4, -0.2) is 61.5 Å². The lowest BCUT2D eigenvalue weighted by molar-refractivity contribution is -0.0860. The van der Waals surface area contributed by atoms with Crippen LogP contribution >= 0.6 is 11.3 Å². The molecule has 0 bridgehead atoms. The summed E-state index contributed by atoms with van der Waals surface area (Å²) in [5.74, 6) is 1.54. The number of aromatic amines is 1. The summed E-state index contributed by atoms with van der Waals surface area (Å²) < 4.78 is 9.12. The van der Waals surface area contributed by atoms with E-state index in [2.05, 4.69) is 51.6 Å². The Morgan fingerprint density at radius 3 is 2.97 bits per heavy atom. The van der Waals surface area contributed by atoms with E-state index in [0.717, 1.165) is 76.7 Å². The molecule has 3 N–H and O–H groups in total. The molecule has 158 valence electrons. The predicted octanol–water partition coefficient (Wildman–Crippen LogP) is 3.20. The summed E-state index contributed by atoms with van der Waals surface area (Å²) in [4.78, 5) is 13.1. The molecule has 0 spiro atoms. The minimum absolute atomic E-state index is 0.0621. The highest BCUT2D eigenvalue weighted by atomic mass is 32.1. The van der Waals surface area contributed by atoms with E-state index < -0.39 is 0 Å². The van der Waals surface area contributed by atoms with Crippen LogP contribution in [0, 0.1) is 0 Å². The summed E-state index contributed by atoms with van der Waals surface area (Å²) in [6, 6.07) is 4.03. The van der Waals surface area contributed by atoms with Crippen molar-refractivity contribution in [3.63, 3.8) is 0 Å². The van der Waals surface area contributed by atoms with Crippen molar-refractivity contribution < 1.29 is 4.74 Å². The Kier molecular flexibility index (Phi) is 4.76. The Hall–Kier alpha value is -2.49. The largest absolute Gasteiger partial charge is 0.382 e. The molecule has 1 saturated heterocycles. The molecule has 30 heavy (non-hydrogen) atoms. The van der Waals surface area contributed by atoms with E-state index in [0.29, 0.717) is 5.82 Å². The molecule has 1 aliphatic rings. The molecule has 0 unspecified atom stereocenters. The minimum Gasteiger partial charge on any atom is -0.382 e. The first-order chi connectivity index (χ1) is 14.4. The van der Waals surface area contributed by atoms with Gasteiger partial charge in [-0.2, -0.15) is 5.10 Å². The molecule has 9 heteroatoms. The van der Waals surface area contributed by atoms with E-state index in [1.165, 1.54) is 0 Å². The molecule has 0 saturated carbocycles. The van der Waals surface area contributed by atoms with Gasteiger partial charge in [0.1, 0.15) is 11.3 Å². The third kappa shape index (κ3) is 3.46. The van der Waals surface area contributed by atoms with E-state index in [9.17, 15) is 0 Å². The normalized spacial score (nSPS) is 17.3. The predicted molar refractivity (Wildman–Crippen MR) is 121 cm³/mol. The van der Waals surface area contributed by atoms with E-state index in [-0.39, 0.29) is 5.60 Å². The monoisotopic (exact) mass is 425 g/mol. The highest BCUT2D eigenvalue weighted by molar-refractivity contribution is 7.23. The number of nitrogens with zero attached hydrogens (tertiary/aromatic N) is 5. The molecule has 0 radical (unpaired) electrons. The second-order valence-corrected chi connectivity index (χ2v) is 9.62. The fourth-order valence-electron chi connectivity index (χ4n) is 4.32. The van der Waals surface area contributed by atoms with Crippen LogP contribution in [0.1, 0.15) is 26.1 Å². The van der Waals surface area contributed by atoms with Gasteiger partial charge >= 0.3 is 0 Å². The highest BCUT2D eigenvalue weighted by Crippen LogP contribution is 2.37. The first kappa shape index (κ1) is 19.5. The van der Waals surface area contributed by atoms with Gasteiger partial charge in [0.25, 0.3) is 0 Å².